The highest BCUT2D eigenvalue weighted by molar-refractivity contribution is 5.26. The SMILES string of the molecule is CCCCCCCCCCCCCCCCOCC(COCc1cccc(C2CO2)c1)OCCCCCCCCCCCCCCCC. The Bertz CT molecular complexity index is 794. The molecule has 0 radical (unpaired) electrons. The van der Waals surface area contributed by atoms with Crippen LogP contribution in [0.1, 0.15) is 211 Å². The van der Waals surface area contributed by atoms with Crippen LogP contribution in [0, 0.1) is 0 Å². The summed E-state index contributed by atoms with van der Waals surface area (Å²) in [5.74, 6) is 0. The number of epoxide rings is 1. The van der Waals surface area contributed by atoms with Gasteiger partial charge in [0.1, 0.15) is 12.2 Å². The highest BCUT2D eigenvalue weighted by atomic mass is 16.6. The molecule has 48 heavy (non-hydrogen) atoms. The van der Waals surface area contributed by atoms with E-state index in [0.717, 1.165) is 32.7 Å². The summed E-state index contributed by atoms with van der Waals surface area (Å²) in [5.41, 5.74) is 2.47. The molecule has 0 spiro atoms. The molecule has 0 aromatic heterocycles. The van der Waals surface area contributed by atoms with E-state index >= 15 is 0 Å². The van der Waals surface area contributed by atoms with E-state index in [0.29, 0.717) is 19.8 Å². The van der Waals surface area contributed by atoms with E-state index in [4.69, 9.17) is 18.9 Å². The van der Waals surface area contributed by atoms with E-state index in [-0.39, 0.29) is 12.2 Å². The largest absolute Gasteiger partial charge is 0.379 e. The van der Waals surface area contributed by atoms with Crippen molar-refractivity contribution in [3.8, 4) is 0 Å². The normalized spacial score (nSPS) is 14.9. The lowest BCUT2D eigenvalue weighted by Gasteiger charge is -2.19. The Morgan fingerprint density at radius 3 is 1.42 bits per heavy atom. The summed E-state index contributed by atoms with van der Waals surface area (Å²) in [6.07, 6.45) is 39.0. The molecule has 0 aliphatic carbocycles. The highest BCUT2D eigenvalue weighted by Gasteiger charge is 2.24. The van der Waals surface area contributed by atoms with Crippen LogP contribution in [-0.4, -0.2) is 39.1 Å². The van der Waals surface area contributed by atoms with Crippen molar-refractivity contribution in [3.05, 3.63) is 35.4 Å². The van der Waals surface area contributed by atoms with Crippen LogP contribution in [0.3, 0.4) is 0 Å². The van der Waals surface area contributed by atoms with Crippen molar-refractivity contribution in [2.75, 3.05) is 33.0 Å². The Hall–Kier alpha value is -0.940. The van der Waals surface area contributed by atoms with Gasteiger partial charge in [-0.25, -0.2) is 0 Å². The molecule has 1 aliphatic rings. The molecule has 0 saturated carbocycles. The lowest BCUT2D eigenvalue weighted by molar-refractivity contribution is -0.0645. The molecule has 4 nitrogen and oxygen atoms in total. The molecule has 0 bridgehead atoms. The molecule has 280 valence electrons. The first-order chi connectivity index (χ1) is 23.8. The molecule has 1 aromatic rings. The van der Waals surface area contributed by atoms with Gasteiger partial charge in [0.05, 0.1) is 26.4 Å². The fourth-order valence-electron chi connectivity index (χ4n) is 6.74. The van der Waals surface area contributed by atoms with Gasteiger partial charge in [-0.1, -0.05) is 205 Å². The van der Waals surface area contributed by atoms with Gasteiger partial charge in [-0.2, -0.15) is 0 Å². The summed E-state index contributed by atoms with van der Waals surface area (Å²) in [6.45, 7) is 8.90. The van der Waals surface area contributed by atoms with E-state index in [1.807, 2.05) is 0 Å². The summed E-state index contributed by atoms with van der Waals surface area (Å²) in [6, 6.07) is 8.62. The highest BCUT2D eigenvalue weighted by Crippen LogP contribution is 2.30. The van der Waals surface area contributed by atoms with Gasteiger partial charge >= 0.3 is 0 Å². The first kappa shape index (κ1) is 43.2. The summed E-state index contributed by atoms with van der Waals surface area (Å²) >= 11 is 0. The Balaban J connectivity index is 1.48. The van der Waals surface area contributed by atoms with E-state index in [2.05, 4.69) is 38.1 Å². The lowest BCUT2D eigenvalue weighted by Crippen LogP contribution is -2.26. The third-order valence-electron chi connectivity index (χ3n) is 10.0. The predicted molar refractivity (Wildman–Crippen MR) is 206 cm³/mol. The monoisotopic (exact) mass is 673 g/mol. The number of ether oxygens (including phenoxy) is 4. The fourth-order valence-corrected chi connectivity index (χ4v) is 6.74. The summed E-state index contributed by atoms with van der Waals surface area (Å²) in [5, 5.41) is 0. The number of benzene rings is 1. The predicted octanol–water partition coefficient (Wildman–Crippen LogP) is 13.6. The maximum atomic E-state index is 6.31. The van der Waals surface area contributed by atoms with E-state index < -0.39 is 0 Å². The lowest BCUT2D eigenvalue weighted by atomic mass is 10.0. The molecule has 1 aromatic carbocycles. The smallest absolute Gasteiger partial charge is 0.106 e. The van der Waals surface area contributed by atoms with Crippen molar-refractivity contribution in [3.63, 3.8) is 0 Å². The van der Waals surface area contributed by atoms with Gasteiger partial charge in [0, 0.05) is 13.2 Å². The summed E-state index contributed by atoms with van der Waals surface area (Å²) in [4.78, 5) is 0. The molecule has 1 aliphatic heterocycles. The minimum atomic E-state index is 0.00793. The number of hydrogen-bond donors (Lipinski definition) is 0. The van der Waals surface area contributed by atoms with Crippen LogP contribution in [0.25, 0.3) is 0 Å². The molecule has 2 atom stereocenters. The van der Waals surface area contributed by atoms with Crippen molar-refractivity contribution in [2.45, 2.75) is 212 Å². The minimum absolute atomic E-state index is 0.00793. The fraction of sp³-hybridized carbons (Fsp3) is 0.864. The van der Waals surface area contributed by atoms with Gasteiger partial charge in [0.15, 0.2) is 0 Å². The van der Waals surface area contributed by atoms with Crippen LogP contribution >= 0.6 is 0 Å². The quantitative estimate of drug-likeness (QED) is 0.0518. The van der Waals surface area contributed by atoms with Gasteiger partial charge in [-0.15, -0.1) is 0 Å². The summed E-state index contributed by atoms with van der Waals surface area (Å²) in [7, 11) is 0. The van der Waals surface area contributed by atoms with Crippen LogP contribution < -0.4 is 0 Å². The first-order valence-corrected chi connectivity index (χ1v) is 21.3. The molecule has 1 heterocycles. The van der Waals surface area contributed by atoms with Crippen LogP contribution in [0.2, 0.25) is 0 Å². The minimum Gasteiger partial charge on any atom is -0.379 e. The molecule has 1 saturated heterocycles. The average Bonchev–Trinajstić information content (AvgIpc) is 3.96. The van der Waals surface area contributed by atoms with Crippen molar-refractivity contribution in [1.29, 1.82) is 0 Å². The maximum absolute atomic E-state index is 6.31. The van der Waals surface area contributed by atoms with Crippen molar-refractivity contribution >= 4 is 0 Å². The zero-order valence-electron chi connectivity index (χ0n) is 32.1. The van der Waals surface area contributed by atoms with E-state index in [9.17, 15) is 0 Å². The van der Waals surface area contributed by atoms with Crippen LogP contribution in [0.4, 0.5) is 0 Å². The second kappa shape index (κ2) is 33.2. The van der Waals surface area contributed by atoms with Gasteiger partial charge in [-0.05, 0) is 24.0 Å². The number of unbranched alkanes of at least 4 members (excludes halogenated alkanes) is 26. The molecule has 4 heteroatoms. The van der Waals surface area contributed by atoms with E-state index in [1.54, 1.807) is 0 Å². The van der Waals surface area contributed by atoms with Crippen LogP contribution in [-0.2, 0) is 25.6 Å². The number of rotatable bonds is 38. The first-order valence-electron chi connectivity index (χ1n) is 21.3. The van der Waals surface area contributed by atoms with Gasteiger partial charge in [0.25, 0.3) is 0 Å². The Labute approximate surface area is 299 Å². The third kappa shape index (κ3) is 26.9. The summed E-state index contributed by atoms with van der Waals surface area (Å²) < 4.78 is 24.0. The Kier molecular flexibility index (Phi) is 29.9. The molecule has 1 fully saturated rings. The topological polar surface area (TPSA) is 40.2 Å². The molecule has 0 amide bonds. The van der Waals surface area contributed by atoms with Gasteiger partial charge in [-0.3, -0.25) is 0 Å². The maximum Gasteiger partial charge on any atom is 0.106 e. The second-order valence-corrected chi connectivity index (χ2v) is 14.8. The standard InChI is InChI=1S/C44H80O4/c1-3-5-7-9-11-13-15-17-19-21-23-25-27-29-34-45-38-43(39-46-37-41-32-31-33-42(36-41)44-40-48-44)47-35-30-28-26-24-22-20-18-16-14-12-10-8-6-4-2/h31-33,36,43-44H,3-30,34-35,37-40H2,1-2H3. The molecular weight excluding hydrogens is 592 g/mol. The molecule has 2 rings (SSSR count). The van der Waals surface area contributed by atoms with Gasteiger partial charge in [0.2, 0.25) is 0 Å². The van der Waals surface area contributed by atoms with Crippen LogP contribution in [0.15, 0.2) is 24.3 Å². The Morgan fingerprint density at radius 1 is 0.542 bits per heavy atom. The van der Waals surface area contributed by atoms with Crippen molar-refractivity contribution in [1.82, 2.24) is 0 Å². The van der Waals surface area contributed by atoms with Crippen LogP contribution in [0.5, 0.6) is 0 Å². The third-order valence-corrected chi connectivity index (χ3v) is 10.0. The molecule has 0 N–H and O–H groups in total. The zero-order valence-corrected chi connectivity index (χ0v) is 32.1. The average molecular weight is 673 g/mol. The van der Waals surface area contributed by atoms with Crippen molar-refractivity contribution < 1.29 is 18.9 Å². The van der Waals surface area contributed by atoms with Crippen molar-refractivity contribution in [2.24, 2.45) is 0 Å². The molecule has 2 unspecified atom stereocenters. The number of hydrogen-bond acceptors (Lipinski definition) is 4. The second-order valence-electron chi connectivity index (χ2n) is 14.8. The van der Waals surface area contributed by atoms with Gasteiger partial charge < -0.3 is 18.9 Å². The Morgan fingerprint density at radius 2 is 0.958 bits per heavy atom. The molecular formula is C44H80O4. The van der Waals surface area contributed by atoms with E-state index in [1.165, 1.54) is 178 Å². The zero-order chi connectivity index (χ0) is 34.0.